The minimum Gasteiger partial charge on any atom is -0.493 e. The van der Waals surface area contributed by atoms with Crippen molar-refractivity contribution in [2.24, 2.45) is 5.92 Å². The first kappa shape index (κ1) is 16.0. The molecule has 1 aromatic carbocycles. The Hall–Kier alpha value is -1.53. The van der Waals surface area contributed by atoms with Crippen molar-refractivity contribution in [1.29, 1.82) is 0 Å². The van der Waals surface area contributed by atoms with Crippen molar-refractivity contribution in [3.63, 3.8) is 0 Å². The molecular weight excluding hydrogens is 374 g/mol. The van der Waals surface area contributed by atoms with E-state index in [0.29, 0.717) is 25.3 Å². The number of aliphatic hydroxyl groups excluding tert-OH is 1. The Balaban J connectivity index is 1.92. The smallest absolute Gasteiger partial charge is 0.210 e. The van der Waals surface area contributed by atoms with E-state index in [-0.39, 0.29) is 17.9 Å². The Morgan fingerprint density at radius 2 is 2.29 bits per heavy atom. The van der Waals surface area contributed by atoms with Gasteiger partial charge in [0.05, 0.1) is 13.2 Å². The molecule has 0 saturated carbocycles. The van der Waals surface area contributed by atoms with Gasteiger partial charge in [-0.3, -0.25) is 4.79 Å². The molecule has 0 unspecified atom stereocenters. The Morgan fingerprint density at radius 1 is 1.46 bits per heavy atom. The molecule has 1 aliphatic carbocycles. The van der Waals surface area contributed by atoms with Gasteiger partial charge >= 0.3 is 0 Å². The van der Waals surface area contributed by atoms with E-state index in [9.17, 15) is 9.90 Å². The molecule has 128 valence electrons. The molecule has 0 radical (unpaired) electrons. The quantitative estimate of drug-likeness (QED) is 0.619. The number of hydrogen-bond donors (Lipinski definition) is 1. The Kier molecular flexibility index (Phi) is 4.04. The molecule has 0 saturated heterocycles. The molecular formula is C18H20BrNO4. The van der Waals surface area contributed by atoms with Crippen LogP contribution in [0, 0.1) is 5.92 Å². The summed E-state index contributed by atoms with van der Waals surface area (Å²) in [5.74, 6) is 1.88. The number of aliphatic hydroxyl groups is 1. The second-order valence-electron chi connectivity index (χ2n) is 6.68. The summed E-state index contributed by atoms with van der Waals surface area (Å²) in [6.45, 7) is 1.26. The maximum atomic E-state index is 11.4. The lowest BCUT2D eigenvalue weighted by Crippen LogP contribution is -2.32. The fourth-order valence-electron chi connectivity index (χ4n) is 4.22. The molecule has 0 fully saturated rings. The second kappa shape index (κ2) is 6.08. The third-order valence-electron chi connectivity index (χ3n) is 5.34. The number of carbonyl (C=O) groups excluding carboxylic acids is 1. The van der Waals surface area contributed by atoms with Crippen molar-refractivity contribution < 1.29 is 19.4 Å². The maximum Gasteiger partial charge on any atom is 0.210 e. The molecule has 1 amide bonds. The van der Waals surface area contributed by atoms with Gasteiger partial charge in [0.1, 0.15) is 6.10 Å². The molecule has 4 rings (SSSR count). The number of allylic oxidation sites excluding steroid dienone is 1. The van der Waals surface area contributed by atoms with Crippen LogP contribution in [0.2, 0.25) is 0 Å². The van der Waals surface area contributed by atoms with Crippen molar-refractivity contribution >= 4 is 22.3 Å². The molecule has 4 atom stereocenters. The van der Waals surface area contributed by atoms with Crippen LogP contribution >= 0.6 is 15.9 Å². The zero-order valence-corrected chi connectivity index (χ0v) is 15.0. The van der Waals surface area contributed by atoms with Crippen LogP contribution in [0.25, 0.3) is 0 Å². The predicted octanol–water partition coefficient (Wildman–Crippen LogP) is 2.60. The number of methoxy groups -OCH3 is 1. The van der Waals surface area contributed by atoms with Gasteiger partial charge in [-0.1, -0.05) is 28.1 Å². The molecule has 0 bridgehead atoms. The van der Waals surface area contributed by atoms with Gasteiger partial charge in [-0.15, -0.1) is 0 Å². The highest BCUT2D eigenvalue weighted by atomic mass is 79.9. The number of rotatable bonds is 2. The summed E-state index contributed by atoms with van der Waals surface area (Å²) in [6.07, 6.45) is 5.74. The summed E-state index contributed by atoms with van der Waals surface area (Å²) in [5, 5.41) is 10.2. The fraction of sp³-hybridized carbons (Fsp3) is 0.500. The van der Waals surface area contributed by atoms with Gasteiger partial charge in [-0.25, -0.2) is 0 Å². The molecule has 3 aliphatic rings. The van der Waals surface area contributed by atoms with E-state index in [1.807, 2.05) is 12.1 Å². The summed E-state index contributed by atoms with van der Waals surface area (Å²) in [4.78, 5) is 13.2. The first-order chi connectivity index (χ1) is 11.6. The van der Waals surface area contributed by atoms with Crippen molar-refractivity contribution in [1.82, 2.24) is 4.90 Å². The van der Waals surface area contributed by atoms with Crippen molar-refractivity contribution in [2.45, 2.75) is 37.5 Å². The van der Waals surface area contributed by atoms with E-state index in [4.69, 9.17) is 9.47 Å². The van der Waals surface area contributed by atoms with Crippen LogP contribution in [-0.2, 0) is 11.3 Å². The molecule has 0 aromatic heterocycles. The summed E-state index contributed by atoms with van der Waals surface area (Å²) < 4.78 is 12.7. The van der Waals surface area contributed by atoms with E-state index in [0.717, 1.165) is 34.2 Å². The highest BCUT2D eigenvalue weighted by molar-refractivity contribution is 9.10. The second-order valence-corrected chi connectivity index (χ2v) is 7.53. The van der Waals surface area contributed by atoms with Crippen LogP contribution < -0.4 is 9.47 Å². The Bertz CT molecular complexity index is 705. The zero-order valence-electron chi connectivity index (χ0n) is 13.4. The van der Waals surface area contributed by atoms with Gasteiger partial charge in [0, 0.05) is 35.5 Å². The molecule has 2 heterocycles. The molecule has 1 N–H and O–H groups in total. The number of halogens is 1. The topological polar surface area (TPSA) is 59.0 Å². The van der Waals surface area contributed by atoms with Gasteiger partial charge in [-0.05, 0) is 24.0 Å². The number of amides is 1. The largest absolute Gasteiger partial charge is 0.493 e. The number of hydrogen-bond acceptors (Lipinski definition) is 4. The third kappa shape index (κ3) is 2.43. The Labute approximate surface area is 149 Å². The van der Waals surface area contributed by atoms with Crippen LogP contribution in [0.15, 0.2) is 22.7 Å². The molecule has 5 nitrogen and oxygen atoms in total. The van der Waals surface area contributed by atoms with E-state index >= 15 is 0 Å². The van der Waals surface area contributed by atoms with Crippen molar-refractivity contribution in [3.05, 3.63) is 33.8 Å². The number of nitrogens with zero attached hydrogens (tertiary/aromatic N) is 1. The number of ether oxygens (including phenoxy) is 2. The third-order valence-corrected chi connectivity index (χ3v) is 6.05. The highest BCUT2D eigenvalue weighted by Gasteiger charge is 2.45. The van der Waals surface area contributed by atoms with Crippen LogP contribution in [0.5, 0.6) is 11.5 Å². The van der Waals surface area contributed by atoms with E-state index in [1.54, 1.807) is 12.0 Å². The first-order valence-corrected chi connectivity index (χ1v) is 9.03. The number of benzene rings is 1. The highest BCUT2D eigenvalue weighted by Crippen LogP contribution is 2.54. The monoisotopic (exact) mass is 393 g/mol. The normalized spacial score (nSPS) is 30.7. The van der Waals surface area contributed by atoms with E-state index in [1.165, 1.54) is 0 Å². The lowest BCUT2D eigenvalue weighted by molar-refractivity contribution is -0.118. The zero-order chi connectivity index (χ0) is 16.8. The Morgan fingerprint density at radius 3 is 3.04 bits per heavy atom. The van der Waals surface area contributed by atoms with Gasteiger partial charge in [0.25, 0.3) is 0 Å². The summed E-state index contributed by atoms with van der Waals surface area (Å²) >= 11 is 3.65. The van der Waals surface area contributed by atoms with Crippen molar-refractivity contribution in [3.8, 4) is 11.5 Å². The van der Waals surface area contributed by atoms with Gasteiger partial charge in [0.15, 0.2) is 11.5 Å². The van der Waals surface area contributed by atoms with E-state index < -0.39 is 6.10 Å². The molecule has 6 heteroatoms. The van der Waals surface area contributed by atoms with Crippen molar-refractivity contribution in [2.75, 3.05) is 13.7 Å². The van der Waals surface area contributed by atoms with Gasteiger partial charge < -0.3 is 19.5 Å². The maximum absolute atomic E-state index is 11.4. The lowest BCUT2D eigenvalue weighted by atomic mass is 9.78. The standard InChI is InChI=1S/C18H20BrNO4/c1-23-15-7-13(19)12-8-20(9-21)5-4-10-2-3-11(22)6-14-16(10)17(12)18(15)24-14/h2-3,7,9-11,14,16,22H,4-6,8H2,1H3/t10-,11-,14+,16+/m0/s1. The minimum atomic E-state index is -0.502. The van der Waals surface area contributed by atoms with Crippen LogP contribution in [0.1, 0.15) is 29.9 Å². The minimum absolute atomic E-state index is 0.0697. The number of carbonyl (C=O) groups is 1. The van der Waals surface area contributed by atoms with Crippen LogP contribution in [0.4, 0.5) is 0 Å². The van der Waals surface area contributed by atoms with Gasteiger partial charge in [0.2, 0.25) is 6.41 Å². The molecule has 2 aliphatic heterocycles. The van der Waals surface area contributed by atoms with E-state index in [2.05, 4.69) is 22.0 Å². The van der Waals surface area contributed by atoms with Crippen LogP contribution in [-0.4, -0.2) is 42.3 Å². The average molecular weight is 394 g/mol. The summed E-state index contributed by atoms with van der Waals surface area (Å²) in [6, 6.07) is 1.91. The summed E-state index contributed by atoms with van der Waals surface area (Å²) in [7, 11) is 1.63. The molecule has 0 spiro atoms. The SMILES string of the molecule is COc1cc(Br)c2c3c1O[C@@H]1C[C@@H](O)C=C[C@@H](CCN(C=O)C2)[C@@H]31. The fourth-order valence-corrected chi connectivity index (χ4v) is 4.76. The predicted molar refractivity (Wildman–Crippen MR) is 92.2 cm³/mol. The first-order valence-electron chi connectivity index (χ1n) is 8.24. The molecule has 1 aromatic rings. The lowest BCUT2D eigenvalue weighted by Gasteiger charge is -2.31. The van der Waals surface area contributed by atoms with Gasteiger partial charge in [-0.2, -0.15) is 0 Å². The average Bonchev–Trinajstić information content (AvgIpc) is 2.84. The molecule has 24 heavy (non-hydrogen) atoms. The van der Waals surface area contributed by atoms with Crippen LogP contribution in [0.3, 0.4) is 0 Å². The summed E-state index contributed by atoms with van der Waals surface area (Å²) in [5.41, 5.74) is 2.21.